The van der Waals surface area contributed by atoms with E-state index >= 15 is 0 Å². The number of nitrogens with zero attached hydrogens (tertiary/aromatic N) is 3. The number of rotatable bonds is 3. The summed E-state index contributed by atoms with van der Waals surface area (Å²) in [7, 11) is -2.07. The maximum Gasteiger partial charge on any atom is 0.252 e. The Labute approximate surface area is 358 Å². The summed E-state index contributed by atoms with van der Waals surface area (Å²) in [6, 6.07) is 56.4. The zero-order valence-corrected chi connectivity index (χ0v) is 37.8. The van der Waals surface area contributed by atoms with Gasteiger partial charge in [0.2, 0.25) is 0 Å². The topological polar surface area (TPSA) is 9.72 Å². The Bertz CT molecular complexity index is 2720. The van der Waals surface area contributed by atoms with Crippen LogP contribution in [0.5, 0.6) is 0 Å². The van der Waals surface area contributed by atoms with Crippen molar-refractivity contribution in [1.29, 1.82) is 0 Å². The molecule has 296 valence electrons. The fourth-order valence-electron chi connectivity index (χ4n) is 11.1. The molecule has 4 heterocycles. The van der Waals surface area contributed by atoms with Crippen LogP contribution in [-0.2, 0) is 16.2 Å². The van der Waals surface area contributed by atoms with Crippen LogP contribution in [-0.4, -0.2) is 14.8 Å². The lowest BCUT2D eigenvalue weighted by Gasteiger charge is -2.52. The van der Waals surface area contributed by atoms with Gasteiger partial charge >= 0.3 is 0 Å². The first-order chi connectivity index (χ1) is 28.6. The van der Waals surface area contributed by atoms with Gasteiger partial charge in [0.25, 0.3) is 6.71 Å². The van der Waals surface area contributed by atoms with Gasteiger partial charge in [0.15, 0.2) is 0 Å². The van der Waals surface area contributed by atoms with Crippen LogP contribution in [0.15, 0.2) is 146 Å². The summed E-state index contributed by atoms with van der Waals surface area (Å²) in [6.45, 7) is 23.8. The molecule has 0 saturated heterocycles. The van der Waals surface area contributed by atoms with E-state index in [4.69, 9.17) is 0 Å². The van der Waals surface area contributed by atoms with Crippen molar-refractivity contribution in [3.8, 4) is 0 Å². The van der Waals surface area contributed by atoms with Crippen molar-refractivity contribution in [1.82, 2.24) is 0 Å². The largest absolute Gasteiger partial charge is 0.312 e. The fourth-order valence-corrected chi connectivity index (χ4v) is 14.1. The Balaban J connectivity index is 1.26. The fraction of sp³-hybridized carbons (Fsp3) is 0.236. The molecule has 0 atom stereocenters. The van der Waals surface area contributed by atoms with Crippen LogP contribution in [0.4, 0.5) is 51.2 Å². The lowest BCUT2D eigenvalue weighted by atomic mass is 9.33. The molecule has 0 saturated carbocycles. The SMILES string of the molecule is CC(C)(C)c1ccc(N(c2ccc(C(C)(C)C)cc2)c2cc3c4c(c2)N2c5ccccc5[Si](C)(C)c5cccc(c52)B4c2cccc4c2N3c2ccccc2C4(C)C)cc1. The molecule has 0 aromatic heterocycles. The number of hydrogen-bond acceptors (Lipinski definition) is 3. The van der Waals surface area contributed by atoms with Crippen molar-refractivity contribution in [3.63, 3.8) is 0 Å². The Morgan fingerprint density at radius 3 is 1.57 bits per heavy atom. The van der Waals surface area contributed by atoms with Crippen LogP contribution in [0, 0.1) is 0 Å². The molecule has 0 radical (unpaired) electrons. The minimum Gasteiger partial charge on any atom is -0.312 e. The van der Waals surface area contributed by atoms with Gasteiger partial charge in [-0.05, 0) is 108 Å². The van der Waals surface area contributed by atoms with Gasteiger partial charge < -0.3 is 14.7 Å². The van der Waals surface area contributed by atoms with Crippen molar-refractivity contribution in [2.45, 2.75) is 84.7 Å². The van der Waals surface area contributed by atoms with E-state index < -0.39 is 8.07 Å². The highest BCUT2D eigenvalue weighted by Crippen LogP contribution is 2.55. The zero-order valence-electron chi connectivity index (χ0n) is 36.8. The van der Waals surface area contributed by atoms with E-state index in [1.165, 1.54) is 83.1 Å². The first kappa shape index (κ1) is 37.2. The van der Waals surface area contributed by atoms with Crippen LogP contribution in [0.2, 0.25) is 13.1 Å². The predicted octanol–water partition coefficient (Wildman–Crippen LogP) is 11.6. The van der Waals surface area contributed by atoms with Gasteiger partial charge in [-0.1, -0.05) is 166 Å². The number of hydrogen-bond donors (Lipinski definition) is 0. The number of fused-ring (bicyclic) bond motifs is 8. The standard InChI is InChI=1S/C55H54BN3Si/c1-53(2,3)35-25-29-37(30-26-35)57(38-31-27-36(28-32-38)54(4,5)6)39-33-46-50-47(34-39)59-45-22-13-14-23-48(45)60(9,10)49-24-16-20-43(52(49)59)56(50)42-19-15-18-41-51(42)58(46)44-21-12-11-17-40(44)55(41,7)8/h11-34H,1-10H3. The van der Waals surface area contributed by atoms with Crippen molar-refractivity contribution in [2.75, 3.05) is 14.7 Å². The highest BCUT2D eigenvalue weighted by atomic mass is 28.3. The van der Waals surface area contributed by atoms with Crippen LogP contribution in [0.25, 0.3) is 0 Å². The Kier molecular flexibility index (Phi) is 7.69. The van der Waals surface area contributed by atoms with E-state index in [-0.39, 0.29) is 23.0 Å². The van der Waals surface area contributed by atoms with E-state index in [1.54, 1.807) is 0 Å². The monoisotopic (exact) mass is 795 g/mol. The third-order valence-corrected chi connectivity index (χ3v) is 17.8. The van der Waals surface area contributed by atoms with Crippen LogP contribution >= 0.6 is 0 Å². The summed E-state index contributed by atoms with van der Waals surface area (Å²) in [6.07, 6.45) is 0. The van der Waals surface area contributed by atoms with Gasteiger partial charge in [0, 0.05) is 45.2 Å². The molecule has 4 aliphatic rings. The molecule has 7 aromatic carbocycles. The van der Waals surface area contributed by atoms with Gasteiger partial charge in [-0.2, -0.15) is 0 Å². The molecule has 3 nitrogen and oxygen atoms in total. The molecule has 0 fully saturated rings. The predicted molar refractivity (Wildman–Crippen MR) is 261 cm³/mol. The van der Waals surface area contributed by atoms with E-state index in [2.05, 4.69) is 229 Å². The zero-order chi connectivity index (χ0) is 41.7. The number of para-hydroxylation sites is 4. The molecule has 0 spiro atoms. The second kappa shape index (κ2) is 12.4. The second-order valence-corrected chi connectivity index (χ2v) is 25.0. The first-order valence-electron chi connectivity index (χ1n) is 21.8. The first-order valence-corrected chi connectivity index (χ1v) is 24.8. The summed E-state index contributed by atoms with van der Waals surface area (Å²) in [5.41, 5.74) is 20.8. The van der Waals surface area contributed by atoms with Crippen molar-refractivity contribution >= 4 is 92.7 Å². The molecule has 7 aromatic rings. The molecule has 0 N–H and O–H groups in total. The van der Waals surface area contributed by atoms with Gasteiger partial charge in [-0.25, -0.2) is 0 Å². The lowest BCUT2D eigenvalue weighted by Crippen LogP contribution is -2.67. The number of anilines is 9. The van der Waals surface area contributed by atoms with Crippen molar-refractivity contribution < 1.29 is 0 Å². The maximum atomic E-state index is 2.66. The Morgan fingerprint density at radius 2 is 0.967 bits per heavy atom. The van der Waals surface area contributed by atoms with E-state index in [0.717, 1.165) is 17.1 Å². The van der Waals surface area contributed by atoms with Gasteiger partial charge in [0.05, 0.1) is 11.4 Å². The normalized spacial score (nSPS) is 16.0. The molecule has 0 amide bonds. The molecular weight excluding hydrogens is 742 g/mol. The van der Waals surface area contributed by atoms with Gasteiger partial charge in [-0.3, -0.25) is 0 Å². The lowest BCUT2D eigenvalue weighted by molar-refractivity contribution is 0.590. The molecule has 4 aliphatic heterocycles. The summed E-state index contributed by atoms with van der Waals surface area (Å²) in [5.74, 6) is 0. The van der Waals surface area contributed by atoms with Crippen LogP contribution < -0.4 is 41.5 Å². The summed E-state index contributed by atoms with van der Waals surface area (Å²) in [5, 5.41) is 3.00. The van der Waals surface area contributed by atoms with E-state index in [1.807, 2.05) is 0 Å². The number of benzene rings is 7. The minimum atomic E-state index is -2.07. The van der Waals surface area contributed by atoms with E-state index in [9.17, 15) is 0 Å². The van der Waals surface area contributed by atoms with Crippen LogP contribution in [0.1, 0.15) is 77.6 Å². The average Bonchev–Trinajstić information content (AvgIpc) is 3.22. The molecule has 0 aliphatic carbocycles. The molecule has 0 unspecified atom stereocenters. The van der Waals surface area contributed by atoms with Crippen LogP contribution in [0.3, 0.4) is 0 Å². The molecule has 5 heteroatoms. The van der Waals surface area contributed by atoms with Gasteiger partial charge in [0.1, 0.15) is 8.07 Å². The van der Waals surface area contributed by atoms with Gasteiger partial charge in [-0.15, -0.1) is 0 Å². The Hall–Kier alpha value is -5.78. The smallest absolute Gasteiger partial charge is 0.252 e. The van der Waals surface area contributed by atoms with Crippen molar-refractivity contribution in [3.05, 3.63) is 168 Å². The third kappa shape index (κ3) is 5.08. The summed E-state index contributed by atoms with van der Waals surface area (Å²) < 4.78 is 0. The summed E-state index contributed by atoms with van der Waals surface area (Å²) in [4.78, 5) is 7.80. The minimum absolute atomic E-state index is 0.0487. The molecule has 60 heavy (non-hydrogen) atoms. The Morgan fingerprint density at radius 1 is 0.483 bits per heavy atom. The molecule has 11 rings (SSSR count). The van der Waals surface area contributed by atoms with Crippen molar-refractivity contribution in [2.24, 2.45) is 0 Å². The average molecular weight is 796 g/mol. The van der Waals surface area contributed by atoms with E-state index in [0.29, 0.717) is 0 Å². The highest BCUT2D eigenvalue weighted by molar-refractivity contribution is 7.05. The molecule has 0 bridgehead atoms. The third-order valence-electron chi connectivity index (χ3n) is 14.3. The second-order valence-electron chi connectivity index (χ2n) is 20.7. The quantitative estimate of drug-likeness (QED) is 0.165. The maximum absolute atomic E-state index is 2.66. The highest BCUT2D eigenvalue weighted by Gasteiger charge is 2.51. The summed E-state index contributed by atoms with van der Waals surface area (Å²) >= 11 is 0. The molecular formula is C55H54BN3Si.